The van der Waals surface area contributed by atoms with Gasteiger partial charge in [-0.1, -0.05) is 67.6 Å². The molecule has 34 heavy (non-hydrogen) atoms. The van der Waals surface area contributed by atoms with Gasteiger partial charge >= 0.3 is 12.0 Å². The van der Waals surface area contributed by atoms with Gasteiger partial charge in [-0.3, -0.25) is 4.79 Å². The second-order valence-corrected chi connectivity index (χ2v) is 8.29. The molecule has 1 aliphatic rings. The van der Waals surface area contributed by atoms with Gasteiger partial charge in [-0.25, -0.2) is 14.5 Å². The van der Waals surface area contributed by atoms with Gasteiger partial charge in [0.05, 0.1) is 5.56 Å². The van der Waals surface area contributed by atoms with E-state index in [1.54, 1.807) is 0 Å². The summed E-state index contributed by atoms with van der Waals surface area (Å²) in [5, 5.41) is 12.0. The number of aromatic carboxylic acids is 1. The van der Waals surface area contributed by atoms with Crippen molar-refractivity contribution < 1.29 is 24.2 Å². The predicted molar refractivity (Wildman–Crippen MR) is 126 cm³/mol. The maximum absolute atomic E-state index is 13.4. The number of urea groups is 1. The molecular weight excluding hydrogens is 432 g/mol. The van der Waals surface area contributed by atoms with Crippen LogP contribution in [0, 0.1) is 5.41 Å². The standard InChI is InChI=1S/C27H26N2O5/c1-2-27(17-19-9-5-3-6-10-19)24(32)29(26(33)28-18-20-11-7-4-8-12-20)25(27)34-22-15-13-21(14-16-22)23(30)31/h3-16,25H,2,17-18H2,1H3,(H,28,33)(H,30,31)/t25-,27-/m0/s1. The zero-order chi connectivity index (χ0) is 24.1. The lowest BCUT2D eigenvalue weighted by Gasteiger charge is -2.53. The smallest absolute Gasteiger partial charge is 0.335 e. The molecule has 0 unspecified atom stereocenters. The Morgan fingerprint density at radius 3 is 2.09 bits per heavy atom. The van der Waals surface area contributed by atoms with Crippen LogP contribution in [0.15, 0.2) is 84.9 Å². The zero-order valence-electron chi connectivity index (χ0n) is 18.8. The molecule has 3 aromatic rings. The minimum atomic E-state index is -1.04. The molecule has 2 atom stereocenters. The molecule has 1 heterocycles. The zero-order valence-corrected chi connectivity index (χ0v) is 18.8. The fourth-order valence-electron chi connectivity index (χ4n) is 4.23. The number of benzene rings is 3. The summed E-state index contributed by atoms with van der Waals surface area (Å²) in [7, 11) is 0. The molecule has 4 rings (SSSR count). The SMILES string of the molecule is CC[C@]1(Cc2ccccc2)C(=O)N(C(=O)NCc2ccccc2)[C@H]1Oc1ccc(C(=O)O)cc1. The molecule has 3 aromatic carbocycles. The molecule has 1 aliphatic heterocycles. The molecule has 7 heteroatoms. The Kier molecular flexibility index (Phi) is 6.63. The first-order valence-electron chi connectivity index (χ1n) is 11.1. The fraction of sp³-hybridized carbons (Fsp3) is 0.222. The molecule has 0 spiro atoms. The number of ether oxygens (including phenoxy) is 1. The van der Waals surface area contributed by atoms with E-state index in [2.05, 4.69) is 5.32 Å². The summed E-state index contributed by atoms with van der Waals surface area (Å²) in [5.41, 5.74) is 1.09. The molecule has 2 N–H and O–H groups in total. The molecule has 174 valence electrons. The van der Waals surface area contributed by atoms with Crippen molar-refractivity contribution >= 4 is 17.9 Å². The van der Waals surface area contributed by atoms with Crippen molar-refractivity contribution in [2.45, 2.75) is 32.5 Å². The van der Waals surface area contributed by atoms with Gasteiger partial charge in [0.1, 0.15) is 11.2 Å². The minimum Gasteiger partial charge on any atom is -0.478 e. The summed E-state index contributed by atoms with van der Waals surface area (Å²) in [6.07, 6.45) is 0.0570. The number of carboxylic acids is 1. The third-order valence-corrected chi connectivity index (χ3v) is 6.20. The lowest BCUT2D eigenvalue weighted by atomic mass is 9.69. The Morgan fingerprint density at radius 2 is 1.53 bits per heavy atom. The number of hydrogen-bond donors (Lipinski definition) is 2. The Balaban J connectivity index is 1.59. The molecule has 0 radical (unpaired) electrons. The molecule has 0 bridgehead atoms. The van der Waals surface area contributed by atoms with E-state index in [1.165, 1.54) is 24.3 Å². The first-order valence-corrected chi connectivity index (χ1v) is 11.1. The average Bonchev–Trinajstić information content (AvgIpc) is 2.87. The highest BCUT2D eigenvalue weighted by molar-refractivity contribution is 6.03. The largest absolute Gasteiger partial charge is 0.478 e. The summed E-state index contributed by atoms with van der Waals surface area (Å²) >= 11 is 0. The third-order valence-electron chi connectivity index (χ3n) is 6.20. The maximum Gasteiger partial charge on any atom is 0.335 e. The van der Waals surface area contributed by atoms with E-state index in [1.807, 2.05) is 67.6 Å². The number of carboxylic acid groups (broad SMARTS) is 1. The van der Waals surface area contributed by atoms with Gasteiger partial charge in [-0.05, 0) is 48.2 Å². The van der Waals surface area contributed by atoms with E-state index >= 15 is 0 Å². The van der Waals surface area contributed by atoms with Crippen molar-refractivity contribution in [1.82, 2.24) is 10.2 Å². The Bertz CT molecular complexity index is 1160. The van der Waals surface area contributed by atoms with Crippen LogP contribution in [0.3, 0.4) is 0 Å². The lowest BCUT2D eigenvalue weighted by molar-refractivity contribution is -0.190. The van der Waals surface area contributed by atoms with E-state index in [0.29, 0.717) is 18.6 Å². The van der Waals surface area contributed by atoms with Crippen LogP contribution in [0.2, 0.25) is 0 Å². The second kappa shape index (κ2) is 9.79. The van der Waals surface area contributed by atoms with Crippen molar-refractivity contribution in [2.24, 2.45) is 5.41 Å². The fourth-order valence-corrected chi connectivity index (χ4v) is 4.23. The quantitative estimate of drug-likeness (QED) is 0.485. The summed E-state index contributed by atoms with van der Waals surface area (Å²) < 4.78 is 6.17. The highest BCUT2D eigenvalue weighted by Crippen LogP contribution is 2.46. The van der Waals surface area contributed by atoms with Gasteiger partial charge in [-0.2, -0.15) is 0 Å². The van der Waals surface area contributed by atoms with Gasteiger partial charge in [0.15, 0.2) is 6.23 Å². The number of nitrogens with one attached hydrogen (secondary N) is 1. The number of carbonyl (C=O) groups is 3. The highest BCUT2D eigenvalue weighted by atomic mass is 16.5. The predicted octanol–water partition coefficient (Wildman–Crippen LogP) is 4.48. The van der Waals surface area contributed by atoms with Crippen LogP contribution in [-0.2, 0) is 17.8 Å². The van der Waals surface area contributed by atoms with Crippen LogP contribution in [0.5, 0.6) is 5.75 Å². The summed E-state index contributed by atoms with van der Waals surface area (Å²) in [6, 6.07) is 24.5. The van der Waals surface area contributed by atoms with Crippen LogP contribution in [0.4, 0.5) is 4.79 Å². The maximum atomic E-state index is 13.4. The van der Waals surface area contributed by atoms with Crippen LogP contribution < -0.4 is 10.1 Å². The van der Waals surface area contributed by atoms with Crippen LogP contribution in [0.1, 0.15) is 34.8 Å². The van der Waals surface area contributed by atoms with E-state index in [0.717, 1.165) is 16.0 Å². The molecule has 1 fully saturated rings. The summed E-state index contributed by atoms with van der Waals surface area (Å²) in [6.45, 7) is 2.19. The number of β-lactam (4-membered cyclic amide) rings is 1. The Morgan fingerprint density at radius 1 is 0.941 bits per heavy atom. The van der Waals surface area contributed by atoms with E-state index in [-0.39, 0.29) is 18.0 Å². The number of imide groups is 1. The van der Waals surface area contributed by atoms with E-state index < -0.39 is 23.6 Å². The normalized spacial score (nSPS) is 19.3. The van der Waals surface area contributed by atoms with E-state index in [9.17, 15) is 14.4 Å². The van der Waals surface area contributed by atoms with Crippen molar-refractivity contribution in [3.8, 4) is 5.75 Å². The molecule has 7 nitrogen and oxygen atoms in total. The molecule has 1 saturated heterocycles. The van der Waals surface area contributed by atoms with Gasteiger partial charge < -0.3 is 15.2 Å². The van der Waals surface area contributed by atoms with Crippen molar-refractivity contribution in [3.05, 3.63) is 102 Å². The van der Waals surface area contributed by atoms with E-state index in [4.69, 9.17) is 9.84 Å². The number of likely N-dealkylation sites (tertiary alicyclic amines) is 1. The first kappa shape index (κ1) is 23.0. The number of hydrogen-bond acceptors (Lipinski definition) is 4. The highest BCUT2D eigenvalue weighted by Gasteiger charge is 2.63. The van der Waals surface area contributed by atoms with Gasteiger partial charge in [0.2, 0.25) is 5.91 Å². The number of carbonyl (C=O) groups excluding carboxylic acids is 2. The molecule has 3 amide bonds. The monoisotopic (exact) mass is 458 g/mol. The number of rotatable bonds is 8. The summed E-state index contributed by atoms with van der Waals surface area (Å²) in [4.78, 5) is 38.8. The van der Waals surface area contributed by atoms with Gasteiger partial charge in [-0.15, -0.1) is 0 Å². The molecule has 0 aliphatic carbocycles. The van der Waals surface area contributed by atoms with Crippen molar-refractivity contribution in [3.63, 3.8) is 0 Å². The molecular formula is C27H26N2O5. The number of nitrogens with zero attached hydrogens (tertiary/aromatic N) is 1. The molecule has 0 aromatic heterocycles. The van der Waals surface area contributed by atoms with Crippen molar-refractivity contribution in [2.75, 3.05) is 0 Å². The van der Waals surface area contributed by atoms with Crippen LogP contribution in [-0.4, -0.2) is 34.1 Å². The number of amides is 3. The Hall–Kier alpha value is -4.13. The van der Waals surface area contributed by atoms with Crippen LogP contribution >= 0.6 is 0 Å². The van der Waals surface area contributed by atoms with Gasteiger partial charge in [0, 0.05) is 6.54 Å². The Labute approximate surface area is 198 Å². The van der Waals surface area contributed by atoms with Crippen LogP contribution in [0.25, 0.3) is 0 Å². The third kappa shape index (κ3) is 4.50. The minimum absolute atomic E-state index is 0.125. The summed E-state index contributed by atoms with van der Waals surface area (Å²) in [5.74, 6) is -0.954. The van der Waals surface area contributed by atoms with Crippen molar-refractivity contribution in [1.29, 1.82) is 0 Å². The average molecular weight is 459 g/mol. The second-order valence-electron chi connectivity index (χ2n) is 8.29. The topological polar surface area (TPSA) is 95.9 Å². The molecule has 0 saturated carbocycles. The lowest BCUT2D eigenvalue weighted by Crippen LogP contribution is -2.74. The van der Waals surface area contributed by atoms with Gasteiger partial charge in [0.25, 0.3) is 0 Å². The first-order chi connectivity index (χ1) is 16.4.